The molecule has 0 spiro atoms. The van der Waals surface area contributed by atoms with Gasteiger partial charge in [0, 0.05) is 39.0 Å². The van der Waals surface area contributed by atoms with Gasteiger partial charge < -0.3 is 19.5 Å². The first-order valence-electron chi connectivity index (χ1n) is 10.9. The van der Waals surface area contributed by atoms with Crippen molar-refractivity contribution in [1.29, 1.82) is 0 Å². The Labute approximate surface area is 178 Å². The number of fused-ring (bicyclic) bond motifs is 1. The van der Waals surface area contributed by atoms with Crippen molar-refractivity contribution in [3.05, 3.63) is 59.9 Å². The molecule has 2 N–H and O–H groups in total. The van der Waals surface area contributed by atoms with Crippen LogP contribution in [-0.2, 0) is 6.42 Å². The van der Waals surface area contributed by atoms with Crippen molar-refractivity contribution in [2.24, 2.45) is 4.99 Å². The topological polar surface area (TPSA) is 70.1 Å². The van der Waals surface area contributed by atoms with Gasteiger partial charge in [0.2, 0.25) is 0 Å². The van der Waals surface area contributed by atoms with Crippen molar-refractivity contribution in [3.8, 4) is 0 Å². The Hall–Kier alpha value is -2.80. The number of hydrogen-bond donors (Lipinski definition) is 2. The summed E-state index contributed by atoms with van der Waals surface area (Å²) >= 11 is 0. The van der Waals surface area contributed by atoms with Crippen LogP contribution >= 0.6 is 0 Å². The van der Waals surface area contributed by atoms with Crippen molar-refractivity contribution in [2.75, 3.05) is 33.2 Å². The first-order valence-corrected chi connectivity index (χ1v) is 10.9. The molecule has 1 saturated heterocycles. The van der Waals surface area contributed by atoms with Crippen LogP contribution < -0.4 is 10.6 Å². The molecule has 0 amide bonds. The molecule has 30 heavy (non-hydrogen) atoms. The molecule has 1 atom stereocenters. The van der Waals surface area contributed by atoms with Gasteiger partial charge in [0.15, 0.2) is 5.96 Å². The van der Waals surface area contributed by atoms with Crippen LogP contribution in [0.3, 0.4) is 0 Å². The summed E-state index contributed by atoms with van der Waals surface area (Å²) in [6, 6.07) is 8.40. The second-order valence-electron chi connectivity index (χ2n) is 7.91. The Kier molecular flexibility index (Phi) is 6.69. The standard InChI is InChI=1S/C23H32N6O/c1-18-8-6-14-29-17-19(27-22(18)29)10-11-25-23(24-2)26-16-20(21-9-7-15-30-21)28-12-4-3-5-13-28/h6-9,14-15,17,20H,3-5,10-13,16H2,1-2H3,(H2,24,25,26). The van der Waals surface area contributed by atoms with Crippen molar-refractivity contribution < 1.29 is 4.42 Å². The Bertz CT molecular complexity index is 955. The van der Waals surface area contributed by atoms with Crippen LogP contribution in [-0.4, -0.2) is 53.5 Å². The Morgan fingerprint density at radius 3 is 2.80 bits per heavy atom. The molecule has 0 bridgehead atoms. The number of nitrogens with one attached hydrogen (secondary N) is 2. The van der Waals surface area contributed by atoms with Gasteiger partial charge in [-0.15, -0.1) is 0 Å². The number of imidazole rings is 1. The van der Waals surface area contributed by atoms with E-state index in [9.17, 15) is 0 Å². The van der Waals surface area contributed by atoms with Crippen LogP contribution in [0.5, 0.6) is 0 Å². The van der Waals surface area contributed by atoms with Crippen molar-refractivity contribution in [2.45, 2.75) is 38.6 Å². The molecule has 1 unspecified atom stereocenters. The van der Waals surface area contributed by atoms with Crippen LogP contribution in [0.1, 0.15) is 42.3 Å². The minimum Gasteiger partial charge on any atom is -0.468 e. The first kappa shape index (κ1) is 20.5. The molecule has 0 saturated carbocycles. The van der Waals surface area contributed by atoms with Gasteiger partial charge >= 0.3 is 0 Å². The quantitative estimate of drug-likeness (QED) is 0.464. The van der Waals surface area contributed by atoms with Crippen LogP contribution in [0.15, 0.2) is 52.3 Å². The number of aromatic nitrogens is 2. The minimum absolute atomic E-state index is 0.222. The van der Waals surface area contributed by atoms with Crippen molar-refractivity contribution in [3.63, 3.8) is 0 Å². The van der Waals surface area contributed by atoms with E-state index in [1.54, 1.807) is 6.26 Å². The highest BCUT2D eigenvalue weighted by Crippen LogP contribution is 2.24. The van der Waals surface area contributed by atoms with E-state index < -0.39 is 0 Å². The molecule has 7 nitrogen and oxygen atoms in total. The van der Waals surface area contributed by atoms with Crippen molar-refractivity contribution in [1.82, 2.24) is 24.9 Å². The average Bonchev–Trinajstić information content (AvgIpc) is 3.44. The summed E-state index contributed by atoms with van der Waals surface area (Å²) in [5.41, 5.74) is 3.29. The highest BCUT2D eigenvalue weighted by Gasteiger charge is 2.24. The predicted octanol–water partition coefficient (Wildman–Crippen LogP) is 3.17. The Balaban J connectivity index is 1.31. The van der Waals surface area contributed by atoms with E-state index >= 15 is 0 Å². The number of furan rings is 1. The fraction of sp³-hybridized carbons (Fsp3) is 0.478. The lowest BCUT2D eigenvalue weighted by Crippen LogP contribution is -2.44. The smallest absolute Gasteiger partial charge is 0.191 e. The number of hydrogen-bond acceptors (Lipinski definition) is 4. The van der Waals surface area contributed by atoms with Gasteiger partial charge in [-0.3, -0.25) is 9.89 Å². The fourth-order valence-electron chi connectivity index (χ4n) is 4.17. The number of guanidine groups is 1. The lowest BCUT2D eigenvalue weighted by atomic mass is 10.1. The predicted molar refractivity (Wildman–Crippen MR) is 120 cm³/mol. The van der Waals surface area contributed by atoms with E-state index in [1.807, 2.05) is 19.3 Å². The largest absolute Gasteiger partial charge is 0.468 e. The van der Waals surface area contributed by atoms with Crippen LogP contribution in [0.2, 0.25) is 0 Å². The van der Waals surface area contributed by atoms with Crippen LogP contribution in [0.25, 0.3) is 5.65 Å². The minimum atomic E-state index is 0.222. The molecular formula is C23H32N6O. The summed E-state index contributed by atoms with van der Waals surface area (Å²) in [6.07, 6.45) is 10.6. The third kappa shape index (κ3) is 4.84. The third-order valence-corrected chi connectivity index (χ3v) is 5.79. The Morgan fingerprint density at radius 1 is 1.20 bits per heavy atom. The summed E-state index contributed by atoms with van der Waals surface area (Å²) in [7, 11) is 1.81. The second kappa shape index (κ2) is 9.80. The van der Waals surface area contributed by atoms with E-state index in [1.165, 1.54) is 24.8 Å². The molecule has 4 rings (SSSR count). The maximum absolute atomic E-state index is 5.74. The molecule has 0 aliphatic carbocycles. The first-order chi connectivity index (χ1) is 14.7. The van der Waals surface area contributed by atoms with Gasteiger partial charge in [-0.25, -0.2) is 4.98 Å². The van der Waals surface area contributed by atoms with Crippen LogP contribution in [0.4, 0.5) is 0 Å². The monoisotopic (exact) mass is 408 g/mol. The van der Waals surface area contributed by atoms with Gasteiger partial charge in [0.1, 0.15) is 11.4 Å². The summed E-state index contributed by atoms with van der Waals surface area (Å²) in [4.78, 5) is 11.7. The number of aryl methyl sites for hydroxylation is 1. The van der Waals surface area contributed by atoms with E-state index in [-0.39, 0.29) is 6.04 Å². The van der Waals surface area contributed by atoms with Gasteiger partial charge in [-0.2, -0.15) is 0 Å². The zero-order chi connectivity index (χ0) is 20.8. The lowest BCUT2D eigenvalue weighted by Gasteiger charge is -2.33. The molecule has 4 heterocycles. The molecule has 160 valence electrons. The fourth-order valence-corrected chi connectivity index (χ4v) is 4.17. The highest BCUT2D eigenvalue weighted by atomic mass is 16.3. The van der Waals surface area contributed by atoms with E-state index in [0.29, 0.717) is 0 Å². The van der Waals surface area contributed by atoms with Crippen molar-refractivity contribution >= 4 is 11.6 Å². The molecule has 0 radical (unpaired) electrons. The molecule has 0 aromatic carbocycles. The van der Waals surface area contributed by atoms with E-state index in [0.717, 1.165) is 55.7 Å². The average molecular weight is 409 g/mol. The van der Waals surface area contributed by atoms with E-state index in [4.69, 9.17) is 9.40 Å². The van der Waals surface area contributed by atoms with E-state index in [2.05, 4.69) is 56.2 Å². The third-order valence-electron chi connectivity index (χ3n) is 5.79. The lowest BCUT2D eigenvalue weighted by molar-refractivity contribution is 0.146. The van der Waals surface area contributed by atoms with Gasteiger partial charge in [0.05, 0.1) is 18.0 Å². The molecule has 1 aliphatic rings. The summed E-state index contributed by atoms with van der Waals surface area (Å²) in [5, 5.41) is 6.91. The second-order valence-corrected chi connectivity index (χ2v) is 7.91. The zero-order valence-corrected chi connectivity index (χ0v) is 18.0. The van der Waals surface area contributed by atoms with Gasteiger partial charge in [-0.05, 0) is 56.6 Å². The molecule has 1 fully saturated rings. The zero-order valence-electron chi connectivity index (χ0n) is 18.0. The summed E-state index contributed by atoms with van der Waals surface area (Å²) in [5.74, 6) is 1.82. The summed E-state index contributed by atoms with van der Waals surface area (Å²) < 4.78 is 7.83. The molecule has 1 aliphatic heterocycles. The maximum atomic E-state index is 5.74. The SMILES string of the molecule is CN=C(NCCc1cn2cccc(C)c2n1)NCC(c1ccco1)N1CCCCC1. The summed E-state index contributed by atoms with van der Waals surface area (Å²) in [6.45, 7) is 5.87. The number of aliphatic imine (C=N–C) groups is 1. The number of nitrogens with zero attached hydrogens (tertiary/aromatic N) is 4. The molecular weight excluding hydrogens is 376 g/mol. The van der Waals surface area contributed by atoms with Gasteiger partial charge in [0.25, 0.3) is 0 Å². The molecule has 7 heteroatoms. The van der Waals surface area contributed by atoms with Crippen LogP contribution in [0, 0.1) is 6.92 Å². The molecule has 3 aromatic rings. The maximum Gasteiger partial charge on any atom is 0.191 e. The molecule has 3 aromatic heterocycles. The number of likely N-dealkylation sites (tertiary alicyclic amines) is 1. The number of rotatable bonds is 7. The Morgan fingerprint density at radius 2 is 2.07 bits per heavy atom. The normalized spacial score (nSPS) is 16.7. The van der Waals surface area contributed by atoms with Gasteiger partial charge in [-0.1, -0.05) is 12.5 Å². The number of piperidine rings is 1. The number of pyridine rings is 1. The highest BCUT2D eigenvalue weighted by molar-refractivity contribution is 5.79.